The average molecular weight is 254 g/mol. The highest BCUT2D eigenvalue weighted by Gasteiger charge is 2.00. The lowest BCUT2D eigenvalue weighted by Crippen LogP contribution is -1.87. The van der Waals surface area contributed by atoms with Crippen LogP contribution in [-0.2, 0) is 5.75 Å². The van der Waals surface area contributed by atoms with Gasteiger partial charge in [0, 0.05) is 11.9 Å². The summed E-state index contributed by atoms with van der Waals surface area (Å²) in [6, 6.07) is 12.2. The lowest BCUT2D eigenvalue weighted by atomic mass is 10.1. The number of aromatic nitrogens is 1. The van der Waals surface area contributed by atoms with E-state index in [9.17, 15) is 0 Å². The lowest BCUT2D eigenvalue weighted by Gasteiger charge is -2.04. The number of pyridine rings is 1. The van der Waals surface area contributed by atoms with Crippen molar-refractivity contribution in [3.05, 3.63) is 58.8 Å². The molecule has 0 amide bonds. The number of thioether (sulfide) groups is 1. The Morgan fingerprint density at radius 1 is 1.17 bits per heavy atom. The number of hydrogen-bond donors (Lipinski definition) is 0. The minimum atomic E-state index is 0.660. The molecule has 1 heterocycles. The molecular formula is C15H14N2S. The molecule has 3 heteroatoms. The second-order valence-corrected chi connectivity index (χ2v) is 5.27. The van der Waals surface area contributed by atoms with Gasteiger partial charge in [-0.2, -0.15) is 5.26 Å². The molecule has 0 saturated carbocycles. The van der Waals surface area contributed by atoms with Gasteiger partial charge in [0.2, 0.25) is 0 Å². The first-order valence-corrected chi connectivity index (χ1v) is 6.72. The molecule has 0 aliphatic heterocycles. The molecule has 1 aromatic heterocycles. The topological polar surface area (TPSA) is 36.7 Å². The van der Waals surface area contributed by atoms with Gasteiger partial charge in [-0.15, -0.1) is 11.8 Å². The van der Waals surface area contributed by atoms with Gasteiger partial charge in [0.1, 0.15) is 0 Å². The van der Waals surface area contributed by atoms with Crippen LogP contribution >= 0.6 is 11.8 Å². The molecule has 0 aliphatic carbocycles. The first kappa shape index (κ1) is 12.7. The molecule has 18 heavy (non-hydrogen) atoms. The van der Waals surface area contributed by atoms with E-state index in [-0.39, 0.29) is 0 Å². The van der Waals surface area contributed by atoms with Crippen LogP contribution in [0.1, 0.15) is 22.3 Å². The van der Waals surface area contributed by atoms with Crippen LogP contribution in [0.25, 0.3) is 0 Å². The van der Waals surface area contributed by atoms with Gasteiger partial charge in [-0.1, -0.05) is 29.3 Å². The zero-order chi connectivity index (χ0) is 13.0. The van der Waals surface area contributed by atoms with Crippen molar-refractivity contribution in [3.63, 3.8) is 0 Å². The molecule has 0 spiro atoms. The molecule has 0 bridgehead atoms. The molecule has 0 fully saturated rings. The van der Waals surface area contributed by atoms with Crippen LogP contribution < -0.4 is 0 Å². The van der Waals surface area contributed by atoms with Gasteiger partial charge in [0.15, 0.2) is 0 Å². The first-order chi connectivity index (χ1) is 8.67. The molecule has 0 saturated heterocycles. The zero-order valence-electron chi connectivity index (χ0n) is 10.5. The van der Waals surface area contributed by atoms with Crippen LogP contribution in [0.15, 0.2) is 41.6 Å². The number of rotatable bonds is 3. The molecule has 1 aromatic carbocycles. The van der Waals surface area contributed by atoms with Crippen molar-refractivity contribution < 1.29 is 0 Å². The molecule has 0 N–H and O–H groups in total. The first-order valence-electron chi connectivity index (χ1n) is 5.73. The fourth-order valence-electron chi connectivity index (χ4n) is 1.87. The number of aryl methyl sites for hydroxylation is 2. The smallest absolute Gasteiger partial charge is 0.0993 e. The lowest BCUT2D eigenvalue weighted by molar-refractivity contribution is 1.12. The fourth-order valence-corrected chi connectivity index (χ4v) is 2.69. The van der Waals surface area contributed by atoms with E-state index in [2.05, 4.69) is 43.1 Å². The van der Waals surface area contributed by atoms with Crippen LogP contribution in [0.4, 0.5) is 0 Å². The van der Waals surface area contributed by atoms with E-state index in [1.54, 1.807) is 24.0 Å². The van der Waals surface area contributed by atoms with Crippen molar-refractivity contribution in [3.8, 4) is 6.07 Å². The molecule has 0 atom stereocenters. The van der Waals surface area contributed by atoms with Gasteiger partial charge in [-0.05, 0) is 31.5 Å². The van der Waals surface area contributed by atoms with E-state index in [1.807, 2.05) is 6.07 Å². The summed E-state index contributed by atoms with van der Waals surface area (Å²) in [4.78, 5) is 4.26. The van der Waals surface area contributed by atoms with E-state index >= 15 is 0 Å². The third-order valence-corrected chi connectivity index (χ3v) is 3.53. The van der Waals surface area contributed by atoms with E-state index in [0.29, 0.717) is 5.56 Å². The van der Waals surface area contributed by atoms with Crippen LogP contribution in [0.3, 0.4) is 0 Å². The Kier molecular flexibility index (Phi) is 4.01. The van der Waals surface area contributed by atoms with Crippen molar-refractivity contribution in [2.24, 2.45) is 0 Å². The van der Waals surface area contributed by atoms with Gasteiger partial charge >= 0.3 is 0 Å². The van der Waals surface area contributed by atoms with Crippen molar-refractivity contribution in [2.45, 2.75) is 24.6 Å². The maximum Gasteiger partial charge on any atom is 0.0993 e. The number of hydrogen-bond acceptors (Lipinski definition) is 3. The molecule has 90 valence electrons. The number of nitrogens with zero attached hydrogens (tertiary/aromatic N) is 2. The summed E-state index contributed by atoms with van der Waals surface area (Å²) < 4.78 is 0. The van der Waals surface area contributed by atoms with E-state index in [1.165, 1.54) is 16.7 Å². The van der Waals surface area contributed by atoms with Crippen molar-refractivity contribution in [1.29, 1.82) is 5.26 Å². The summed E-state index contributed by atoms with van der Waals surface area (Å²) in [6.07, 6.45) is 1.68. The number of nitriles is 1. The average Bonchev–Trinajstić information content (AvgIpc) is 2.35. The van der Waals surface area contributed by atoms with E-state index in [0.717, 1.165) is 10.8 Å². The van der Waals surface area contributed by atoms with E-state index < -0.39 is 0 Å². The Labute approximate surface area is 112 Å². The third-order valence-electron chi connectivity index (χ3n) is 2.53. The van der Waals surface area contributed by atoms with Crippen LogP contribution in [0.2, 0.25) is 0 Å². The summed E-state index contributed by atoms with van der Waals surface area (Å²) in [5.74, 6) is 0.879. The summed E-state index contributed by atoms with van der Waals surface area (Å²) in [6.45, 7) is 4.21. The van der Waals surface area contributed by atoms with Crippen LogP contribution in [-0.4, -0.2) is 4.98 Å². The van der Waals surface area contributed by atoms with Crippen molar-refractivity contribution in [1.82, 2.24) is 4.98 Å². The summed E-state index contributed by atoms with van der Waals surface area (Å²) in [5.41, 5.74) is 4.52. The normalized spacial score (nSPS) is 10.1. The Hall–Kier alpha value is -1.79. The maximum atomic E-state index is 8.83. The minimum Gasteiger partial charge on any atom is -0.250 e. The Morgan fingerprint density at radius 2 is 1.89 bits per heavy atom. The molecule has 0 radical (unpaired) electrons. The zero-order valence-corrected chi connectivity index (χ0v) is 11.3. The highest BCUT2D eigenvalue weighted by atomic mass is 32.2. The van der Waals surface area contributed by atoms with Crippen LogP contribution in [0, 0.1) is 25.2 Å². The predicted molar refractivity (Wildman–Crippen MR) is 74.4 cm³/mol. The van der Waals surface area contributed by atoms with Crippen molar-refractivity contribution in [2.75, 3.05) is 0 Å². The second-order valence-electron chi connectivity index (χ2n) is 4.28. The highest BCUT2D eigenvalue weighted by molar-refractivity contribution is 7.98. The molecule has 2 aromatic rings. The Morgan fingerprint density at radius 3 is 2.56 bits per heavy atom. The summed E-state index contributed by atoms with van der Waals surface area (Å²) in [7, 11) is 0. The largest absolute Gasteiger partial charge is 0.250 e. The highest BCUT2D eigenvalue weighted by Crippen LogP contribution is 2.22. The molecular weight excluding hydrogens is 240 g/mol. The van der Waals surface area contributed by atoms with Gasteiger partial charge in [0.25, 0.3) is 0 Å². The quantitative estimate of drug-likeness (QED) is 0.780. The predicted octanol–water partition coefficient (Wildman–Crippen LogP) is 3.86. The standard InChI is InChI=1S/C15H14N2S/c1-11-5-12(2)7-14(6-11)10-18-15-8-13(9-16)3-4-17-15/h3-8H,10H2,1-2H3. The summed E-state index contributed by atoms with van der Waals surface area (Å²) >= 11 is 1.66. The monoisotopic (exact) mass is 254 g/mol. The SMILES string of the molecule is Cc1cc(C)cc(CSc2cc(C#N)ccn2)c1. The molecule has 0 aliphatic rings. The van der Waals surface area contributed by atoms with Gasteiger partial charge in [-0.3, -0.25) is 0 Å². The Bertz CT molecular complexity index is 579. The van der Waals surface area contributed by atoms with Gasteiger partial charge in [-0.25, -0.2) is 4.98 Å². The molecule has 2 nitrogen and oxygen atoms in total. The summed E-state index contributed by atoms with van der Waals surface area (Å²) in [5, 5.41) is 9.73. The van der Waals surface area contributed by atoms with Gasteiger partial charge < -0.3 is 0 Å². The Balaban J connectivity index is 2.09. The van der Waals surface area contributed by atoms with E-state index in [4.69, 9.17) is 5.26 Å². The van der Waals surface area contributed by atoms with Crippen molar-refractivity contribution >= 4 is 11.8 Å². The minimum absolute atomic E-state index is 0.660. The third kappa shape index (κ3) is 3.35. The van der Waals surface area contributed by atoms with Gasteiger partial charge in [0.05, 0.1) is 16.7 Å². The molecule has 0 unspecified atom stereocenters. The fraction of sp³-hybridized carbons (Fsp3) is 0.200. The van der Waals surface area contributed by atoms with Crippen LogP contribution in [0.5, 0.6) is 0 Å². The maximum absolute atomic E-state index is 8.83. The molecule has 2 rings (SSSR count). The second kappa shape index (κ2) is 5.70. The number of benzene rings is 1.